The second-order valence-electron chi connectivity index (χ2n) is 7.59. The monoisotopic (exact) mass is 410 g/mol. The number of nitrogens with zero attached hydrogens (tertiary/aromatic N) is 2. The molecule has 162 valence electrons. The Kier molecular flexibility index (Phi) is 9.47. The smallest absolute Gasteiger partial charge is 0.191 e. The number of aliphatic imine (C=N–C) groups is 1. The highest BCUT2D eigenvalue weighted by molar-refractivity contribution is 5.79. The Morgan fingerprint density at radius 1 is 1.10 bits per heavy atom. The lowest BCUT2D eigenvalue weighted by atomic mass is 9.98. The Morgan fingerprint density at radius 3 is 2.80 bits per heavy atom. The van der Waals surface area contributed by atoms with Crippen LogP contribution in [-0.4, -0.2) is 37.2 Å². The molecule has 0 radical (unpaired) electrons. The van der Waals surface area contributed by atoms with E-state index in [4.69, 9.17) is 9.47 Å². The maximum atomic E-state index is 5.98. The standard InChI is InChI=1S/C24H34N4O2/c1-25-24(27-15-8-16-29-22-11-3-2-4-12-22)28-18-20-9-7-13-23(17-20)30-19-21-10-5-6-14-26-21/h5-7,9-10,13-14,17,22H,2-4,8,11-12,15-16,18-19H2,1H3,(H2,25,27,28). The van der Waals surface area contributed by atoms with E-state index in [0.29, 0.717) is 19.3 Å². The highest BCUT2D eigenvalue weighted by Crippen LogP contribution is 2.20. The van der Waals surface area contributed by atoms with Crippen molar-refractivity contribution in [2.24, 2.45) is 4.99 Å². The van der Waals surface area contributed by atoms with Crippen LogP contribution in [0.5, 0.6) is 5.75 Å². The van der Waals surface area contributed by atoms with Gasteiger partial charge < -0.3 is 20.1 Å². The Balaban J connectivity index is 1.34. The van der Waals surface area contributed by atoms with Gasteiger partial charge >= 0.3 is 0 Å². The van der Waals surface area contributed by atoms with E-state index in [1.807, 2.05) is 36.4 Å². The number of hydrogen-bond donors (Lipinski definition) is 2. The molecule has 0 saturated heterocycles. The minimum Gasteiger partial charge on any atom is -0.487 e. The molecule has 0 unspecified atom stereocenters. The molecule has 2 N–H and O–H groups in total. The van der Waals surface area contributed by atoms with Crippen molar-refractivity contribution >= 4 is 5.96 Å². The van der Waals surface area contributed by atoms with Crippen LogP contribution in [0, 0.1) is 0 Å². The second kappa shape index (κ2) is 12.9. The Morgan fingerprint density at radius 2 is 2.00 bits per heavy atom. The van der Waals surface area contributed by atoms with Gasteiger partial charge in [-0.3, -0.25) is 9.98 Å². The summed E-state index contributed by atoms with van der Waals surface area (Å²) >= 11 is 0. The number of hydrogen-bond acceptors (Lipinski definition) is 4. The first kappa shape index (κ1) is 22.1. The van der Waals surface area contributed by atoms with Crippen molar-refractivity contribution in [1.29, 1.82) is 0 Å². The van der Waals surface area contributed by atoms with E-state index < -0.39 is 0 Å². The molecule has 0 spiro atoms. The Hall–Kier alpha value is -2.60. The van der Waals surface area contributed by atoms with Gasteiger partial charge in [-0.05, 0) is 49.1 Å². The Labute approximate surface area is 180 Å². The van der Waals surface area contributed by atoms with Crippen molar-refractivity contribution in [3.05, 3.63) is 59.9 Å². The largest absolute Gasteiger partial charge is 0.487 e. The number of aromatic nitrogens is 1. The van der Waals surface area contributed by atoms with Crippen LogP contribution in [0.2, 0.25) is 0 Å². The van der Waals surface area contributed by atoms with Gasteiger partial charge in [0.1, 0.15) is 12.4 Å². The number of rotatable bonds is 10. The highest BCUT2D eigenvalue weighted by Gasteiger charge is 2.13. The lowest BCUT2D eigenvalue weighted by Crippen LogP contribution is -2.37. The van der Waals surface area contributed by atoms with Crippen LogP contribution in [-0.2, 0) is 17.9 Å². The summed E-state index contributed by atoms with van der Waals surface area (Å²) in [4.78, 5) is 8.59. The third-order valence-electron chi connectivity index (χ3n) is 5.21. The summed E-state index contributed by atoms with van der Waals surface area (Å²) in [6.07, 6.45) is 9.67. The first-order valence-electron chi connectivity index (χ1n) is 11.0. The first-order chi connectivity index (χ1) is 14.8. The minimum absolute atomic E-state index is 0.462. The predicted molar refractivity (Wildman–Crippen MR) is 121 cm³/mol. The molecule has 1 aromatic carbocycles. The summed E-state index contributed by atoms with van der Waals surface area (Å²) in [5.41, 5.74) is 2.05. The van der Waals surface area contributed by atoms with E-state index in [9.17, 15) is 0 Å². The van der Waals surface area contributed by atoms with Crippen LogP contribution >= 0.6 is 0 Å². The molecule has 0 atom stereocenters. The molecule has 6 heteroatoms. The summed E-state index contributed by atoms with van der Waals surface area (Å²) in [6, 6.07) is 13.9. The molecule has 3 rings (SSSR count). The zero-order valence-corrected chi connectivity index (χ0v) is 18.0. The zero-order chi connectivity index (χ0) is 20.9. The number of benzene rings is 1. The maximum absolute atomic E-state index is 5.98. The fourth-order valence-electron chi connectivity index (χ4n) is 3.55. The second-order valence-corrected chi connectivity index (χ2v) is 7.59. The van der Waals surface area contributed by atoms with Crippen LogP contribution < -0.4 is 15.4 Å². The van der Waals surface area contributed by atoms with Gasteiger partial charge in [-0.25, -0.2) is 0 Å². The van der Waals surface area contributed by atoms with Gasteiger partial charge in [-0.1, -0.05) is 37.5 Å². The molecular formula is C24H34N4O2. The number of guanidine groups is 1. The molecule has 0 amide bonds. The van der Waals surface area contributed by atoms with E-state index >= 15 is 0 Å². The van der Waals surface area contributed by atoms with Crippen molar-refractivity contribution in [3.8, 4) is 5.75 Å². The third kappa shape index (κ3) is 8.03. The molecule has 0 aliphatic heterocycles. The molecular weight excluding hydrogens is 376 g/mol. The zero-order valence-electron chi connectivity index (χ0n) is 18.0. The van der Waals surface area contributed by atoms with Crippen molar-refractivity contribution < 1.29 is 9.47 Å². The van der Waals surface area contributed by atoms with Gasteiger partial charge in [-0.2, -0.15) is 0 Å². The fourth-order valence-corrected chi connectivity index (χ4v) is 3.55. The van der Waals surface area contributed by atoms with Crippen molar-refractivity contribution in [2.45, 2.75) is 57.8 Å². The van der Waals surface area contributed by atoms with Crippen LogP contribution in [0.3, 0.4) is 0 Å². The average molecular weight is 411 g/mol. The minimum atomic E-state index is 0.462. The quantitative estimate of drug-likeness (QED) is 0.351. The van der Waals surface area contributed by atoms with Gasteiger partial charge in [0.25, 0.3) is 0 Å². The van der Waals surface area contributed by atoms with Gasteiger partial charge in [0.15, 0.2) is 5.96 Å². The SMILES string of the molecule is CN=C(NCCCOC1CCCCC1)NCc1cccc(OCc2ccccn2)c1. The summed E-state index contributed by atoms with van der Waals surface area (Å²) < 4.78 is 11.8. The molecule has 1 fully saturated rings. The summed E-state index contributed by atoms with van der Waals surface area (Å²) in [5.74, 6) is 1.63. The molecule has 1 aliphatic rings. The molecule has 30 heavy (non-hydrogen) atoms. The van der Waals surface area contributed by atoms with Crippen LogP contribution in [0.25, 0.3) is 0 Å². The molecule has 1 saturated carbocycles. The normalized spacial score (nSPS) is 15.0. The van der Waals surface area contributed by atoms with E-state index in [1.54, 1.807) is 13.2 Å². The van der Waals surface area contributed by atoms with Gasteiger partial charge in [-0.15, -0.1) is 0 Å². The number of pyridine rings is 1. The van der Waals surface area contributed by atoms with E-state index in [1.165, 1.54) is 32.1 Å². The maximum Gasteiger partial charge on any atom is 0.191 e. The molecule has 6 nitrogen and oxygen atoms in total. The lowest BCUT2D eigenvalue weighted by molar-refractivity contribution is 0.0277. The van der Waals surface area contributed by atoms with Crippen molar-refractivity contribution in [2.75, 3.05) is 20.2 Å². The van der Waals surface area contributed by atoms with Gasteiger partial charge in [0.2, 0.25) is 0 Å². The highest BCUT2D eigenvalue weighted by atomic mass is 16.5. The van der Waals surface area contributed by atoms with Crippen LogP contribution in [0.4, 0.5) is 0 Å². The third-order valence-corrected chi connectivity index (χ3v) is 5.21. The predicted octanol–water partition coefficient (Wildman–Crippen LogP) is 4.07. The first-order valence-corrected chi connectivity index (χ1v) is 11.0. The average Bonchev–Trinajstić information content (AvgIpc) is 2.81. The molecule has 0 bridgehead atoms. The fraction of sp³-hybridized carbons (Fsp3) is 0.500. The molecule has 2 aromatic rings. The molecule has 1 aromatic heterocycles. The van der Waals surface area contributed by atoms with Gasteiger partial charge in [0.05, 0.1) is 11.8 Å². The lowest BCUT2D eigenvalue weighted by Gasteiger charge is -2.22. The van der Waals surface area contributed by atoms with E-state index in [-0.39, 0.29) is 0 Å². The topological polar surface area (TPSA) is 67.8 Å². The molecule has 1 aliphatic carbocycles. The molecule has 1 heterocycles. The van der Waals surface area contributed by atoms with Crippen molar-refractivity contribution in [1.82, 2.24) is 15.6 Å². The summed E-state index contributed by atoms with van der Waals surface area (Å²) in [7, 11) is 1.79. The summed E-state index contributed by atoms with van der Waals surface area (Å²) in [5, 5.41) is 6.72. The van der Waals surface area contributed by atoms with Crippen molar-refractivity contribution in [3.63, 3.8) is 0 Å². The van der Waals surface area contributed by atoms with Gasteiger partial charge in [0, 0.05) is 32.9 Å². The van der Waals surface area contributed by atoms with E-state index in [0.717, 1.165) is 42.5 Å². The van der Waals surface area contributed by atoms with Crippen LogP contribution in [0.1, 0.15) is 49.8 Å². The summed E-state index contributed by atoms with van der Waals surface area (Å²) in [6.45, 7) is 2.80. The number of nitrogens with one attached hydrogen (secondary N) is 2. The van der Waals surface area contributed by atoms with E-state index in [2.05, 4.69) is 26.7 Å². The number of ether oxygens (including phenoxy) is 2. The Bertz CT molecular complexity index is 761. The van der Waals surface area contributed by atoms with Crippen LogP contribution in [0.15, 0.2) is 53.7 Å².